The van der Waals surface area contributed by atoms with Gasteiger partial charge in [0.15, 0.2) is 0 Å². The lowest BCUT2D eigenvalue weighted by molar-refractivity contribution is -0.120. The molecule has 9 nitrogen and oxygen atoms in total. The van der Waals surface area contributed by atoms with Gasteiger partial charge in [-0.25, -0.2) is 9.36 Å². The van der Waals surface area contributed by atoms with E-state index in [1.165, 1.54) is 0 Å². The summed E-state index contributed by atoms with van der Waals surface area (Å²) in [5.41, 5.74) is 4.00. The van der Waals surface area contributed by atoms with Crippen molar-refractivity contribution in [3.63, 3.8) is 0 Å². The average Bonchev–Trinajstić information content (AvgIpc) is 3.71. The molecule has 0 saturated carbocycles. The van der Waals surface area contributed by atoms with Crippen LogP contribution in [0.4, 0.5) is 5.69 Å². The average molecular weight is 639 g/mol. The second-order valence-electron chi connectivity index (χ2n) is 9.65. The molecule has 2 aliphatic rings. The Bertz CT molecular complexity index is 1500. The van der Waals surface area contributed by atoms with E-state index >= 15 is 0 Å². The van der Waals surface area contributed by atoms with Gasteiger partial charge in [-0.3, -0.25) is 9.59 Å². The zero-order chi connectivity index (χ0) is 26.4. The van der Waals surface area contributed by atoms with Crippen LogP contribution in [0.3, 0.4) is 0 Å². The van der Waals surface area contributed by atoms with Crippen molar-refractivity contribution >= 4 is 49.4 Å². The molecule has 2 saturated heterocycles. The molecule has 4 aromatic rings. The molecule has 0 aliphatic carbocycles. The quantitative estimate of drug-likeness (QED) is 0.298. The highest BCUT2D eigenvalue weighted by Gasteiger charge is 2.38. The number of carbonyl (C=O) groups is 2. The van der Waals surface area contributed by atoms with Crippen LogP contribution in [0, 0.1) is 6.92 Å². The van der Waals surface area contributed by atoms with Crippen LogP contribution in [-0.2, 0) is 4.79 Å². The van der Waals surface area contributed by atoms with Crippen molar-refractivity contribution < 1.29 is 9.59 Å². The summed E-state index contributed by atoms with van der Waals surface area (Å²) in [6.07, 6.45) is 4.13. The molecule has 2 aromatic carbocycles. The summed E-state index contributed by atoms with van der Waals surface area (Å²) in [6.45, 7) is 3.26. The van der Waals surface area contributed by atoms with E-state index in [0.717, 1.165) is 34.3 Å². The number of aryl methyl sites for hydroxylation is 1. The van der Waals surface area contributed by atoms with Crippen LogP contribution in [0.15, 0.2) is 69.9 Å². The van der Waals surface area contributed by atoms with Crippen molar-refractivity contribution in [2.75, 3.05) is 18.0 Å². The minimum absolute atomic E-state index is 0.00465. The lowest BCUT2D eigenvalue weighted by Gasteiger charge is -2.23. The molecule has 194 valence electrons. The third-order valence-corrected chi connectivity index (χ3v) is 8.11. The van der Waals surface area contributed by atoms with Crippen molar-refractivity contribution in [3.8, 4) is 5.69 Å². The Balaban J connectivity index is 1.22. The van der Waals surface area contributed by atoms with Crippen LogP contribution in [0.5, 0.6) is 0 Å². The van der Waals surface area contributed by atoms with Crippen LogP contribution < -0.4 is 4.90 Å². The molecule has 0 spiro atoms. The number of likely N-dealkylation sites (tertiary alicyclic amines) is 1. The highest BCUT2D eigenvalue weighted by atomic mass is 79.9. The van der Waals surface area contributed by atoms with Crippen molar-refractivity contribution in [2.24, 2.45) is 0 Å². The fourth-order valence-corrected chi connectivity index (χ4v) is 5.87. The largest absolute Gasteiger partial charge is 0.329 e. The maximum atomic E-state index is 13.8. The molecule has 0 bridgehead atoms. The number of nitrogens with zero attached hydrogens (tertiary/aromatic N) is 7. The Morgan fingerprint density at radius 2 is 1.68 bits per heavy atom. The Morgan fingerprint density at radius 1 is 0.947 bits per heavy atom. The molecule has 2 amide bonds. The van der Waals surface area contributed by atoms with E-state index in [1.807, 2.05) is 66.6 Å². The van der Waals surface area contributed by atoms with E-state index in [-0.39, 0.29) is 17.9 Å². The molecule has 11 heteroatoms. The fourth-order valence-electron chi connectivity index (χ4n) is 5.23. The van der Waals surface area contributed by atoms with E-state index in [4.69, 9.17) is 0 Å². The van der Waals surface area contributed by atoms with Crippen molar-refractivity contribution in [1.82, 2.24) is 29.7 Å². The first-order valence-corrected chi connectivity index (χ1v) is 14.1. The predicted molar refractivity (Wildman–Crippen MR) is 149 cm³/mol. The topological polar surface area (TPSA) is 89.2 Å². The highest BCUT2D eigenvalue weighted by Crippen LogP contribution is 2.34. The first-order chi connectivity index (χ1) is 18.4. The Kier molecular flexibility index (Phi) is 6.65. The van der Waals surface area contributed by atoms with Gasteiger partial charge in [-0.05, 0) is 78.5 Å². The zero-order valence-corrected chi connectivity index (χ0v) is 23.8. The summed E-state index contributed by atoms with van der Waals surface area (Å²) in [5.74, 6) is -0.117. The number of hydrogen-bond donors (Lipinski definition) is 0. The summed E-state index contributed by atoms with van der Waals surface area (Å²) in [5, 5.41) is 13.3. The van der Waals surface area contributed by atoms with Gasteiger partial charge in [0.05, 0.1) is 17.9 Å². The Labute approximate surface area is 236 Å². The third-order valence-electron chi connectivity index (χ3n) is 7.20. The molecule has 0 radical (unpaired) electrons. The summed E-state index contributed by atoms with van der Waals surface area (Å²) >= 11 is 6.88. The Hall–Kier alpha value is -3.31. The van der Waals surface area contributed by atoms with Crippen LogP contribution in [0.2, 0.25) is 0 Å². The smallest absolute Gasteiger partial charge is 0.273 e. The standard InChI is InChI=1S/C27H25Br2N7O2/c1-17-4-8-20(9-5-17)36-24(15-25(29)31-36)27(38)34-13-2-3-22(34)21-16-35(32-30-21)23-12-14-33(26(23)37)19-10-6-18(28)7-11-19/h4-11,15-16,22-23H,2-3,12-14H2,1H3. The van der Waals surface area contributed by atoms with Gasteiger partial charge in [0, 0.05) is 29.3 Å². The van der Waals surface area contributed by atoms with Gasteiger partial charge in [-0.2, -0.15) is 5.10 Å². The van der Waals surface area contributed by atoms with Crippen molar-refractivity contribution in [1.29, 1.82) is 0 Å². The molecule has 4 heterocycles. The predicted octanol–water partition coefficient (Wildman–Crippen LogP) is 5.25. The molecule has 2 aliphatic heterocycles. The Morgan fingerprint density at radius 3 is 2.45 bits per heavy atom. The molecule has 2 fully saturated rings. The molecule has 0 N–H and O–H groups in total. The van der Waals surface area contributed by atoms with Crippen LogP contribution in [-0.4, -0.2) is 54.6 Å². The van der Waals surface area contributed by atoms with Gasteiger partial charge in [-0.1, -0.05) is 38.8 Å². The minimum atomic E-state index is -0.413. The van der Waals surface area contributed by atoms with Crippen molar-refractivity contribution in [3.05, 3.63) is 86.8 Å². The zero-order valence-electron chi connectivity index (χ0n) is 20.7. The van der Waals surface area contributed by atoms with Crippen LogP contribution >= 0.6 is 31.9 Å². The number of hydrogen-bond acceptors (Lipinski definition) is 5. The van der Waals surface area contributed by atoms with E-state index in [1.54, 1.807) is 20.3 Å². The number of benzene rings is 2. The van der Waals surface area contributed by atoms with Gasteiger partial charge >= 0.3 is 0 Å². The first-order valence-electron chi connectivity index (χ1n) is 12.5. The van der Waals surface area contributed by atoms with Gasteiger partial charge in [0.1, 0.15) is 22.0 Å². The van der Waals surface area contributed by atoms with E-state index in [0.29, 0.717) is 35.5 Å². The van der Waals surface area contributed by atoms with Crippen LogP contribution in [0.25, 0.3) is 5.69 Å². The van der Waals surface area contributed by atoms with Gasteiger partial charge in [-0.15, -0.1) is 5.10 Å². The molecule has 2 aromatic heterocycles. The van der Waals surface area contributed by atoms with Gasteiger partial charge < -0.3 is 9.80 Å². The maximum Gasteiger partial charge on any atom is 0.273 e. The number of aromatic nitrogens is 5. The fraction of sp³-hybridized carbons (Fsp3) is 0.296. The lowest BCUT2D eigenvalue weighted by atomic mass is 10.1. The van der Waals surface area contributed by atoms with Gasteiger partial charge in [0.2, 0.25) is 0 Å². The molecular formula is C27H25Br2N7O2. The molecule has 2 atom stereocenters. The number of carbonyl (C=O) groups excluding carboxylic acids is 2. The van der Waals surface area contributed by atoms with E-state index in [9.17, 15) is 9.59 Å². The maximum absolute atomic E-state index is 13.8. The number of anilines is 1. The van der Waals surface area contributed by atoms with E-state index in [2.05, 4.69) is 47.3 Å². The van der Waals surface area contributed by atoms with Crippen LogP contribution in [0.1, 0.15) is 53.1 Å². The molecule has 6 rings (SSSR count). The summed E-state index contributed by atoms with van der Waals surface area (Å²) in [7, 11) is 0. The minimum Gasteiger partial charge on any atom is -0.329 e. The summed E-state index contributed by atoms with van der Waals surface area (Å²) in [6, 6.07) is 16.7. The number of halogens is 2. The molecule has 2 unspecified atom stereocenters. The normalized spacial score (nSPS) is 19.5. The SMILES string of the molecule is Cc1ccc(-n2nc(Br)cc2C(=O)N2CCCC2c2cn(C3CCN(c4ccc(Br)cc4)C3=O)nn2)cc1. The molecular weight excluding hydrogens is 614 g/mol. The second-order valence-corrected chi connectivity index (χ2v) is 11.4. The van der Waals surface area contributed by atoms with Gasteiger partial charge in [0.25, 0.3) is 11.8 Å². The monoisotopic (exact) mass is 637 g/mol. The summed E-state index contributed by atoms with van der Waals surface area (Å²) in [4.78, 5) is 30.6. The summed E-state index contributed by atoms with van der Waals surface area (Å²) < 4.78 is 4.89. The van der Waals surface area contributed by atoms with Crippen molar-refractivity contribution in [2.45, 2.75) is 38.3 Å². The third kappa shape index (κ3) is 4.58. The van der Waals surface area contributed by atoms with E-state index < -0.39 is 6.04 Å². The number of rotatable bonds is 5. The lowest BCUT2D eigenvalue weighted by Crippen LogP contribution is -2.32. The first kappa shape index (κ1) is 25.0. The molecule has 38 heavy (non-hydrogen) atoms. The highest BCUT2D eigenvalue weighted by molar-refractivity contribution is 9.10. The number of amides is 2. The second kappa shape index (κ2) is 10.1.